The maximum Gasteiger partial charge on any atom is 0.244 e. The Morgan fingerprint density at radius 2 is 2.10 bits per heavy atom. The van der Waals surface area contributed by atoms with E-state index in [1.54, 1.807) is 18.3 Å². The zero-order valence-electron chi connectivity index (χ0n) is 12.3. The van der Waals surface area contributed by atoms with Crippen LogP contribution in [-0.2, 0) is 10.0 Å². The third-order valence-electron chi connectivity index (χ3n) is 4.18. The maximum absolute atomic E-state index is 12.5. The first kappa shape index (κ1) is 15.3. The van der Waals surface area contributed by atoms with E-state index in [1.807, 2.05) is 6.92 Å². The van der Waals surface area contributed by atoms with Gasteiger partial charge in [-0.25, -0.2) is 18.1 Å². The van der Waals surface area contributed by atoms with Crippen LogP contribution in [0.2, 0.25) is 0 Å². The molecule has 1 heterocycles. The van der Waals surface area contributed by atoms with Crippen molar-refractivity contribution in [3.8, 4) is 0 Å². The fourth-order valence-corrected chi connectivity index (χ4v) is 4.20. The fraction of sp³-hybridized carbons (Fsp3) is 0.643. The second-order valence-corrected chi connectivity index (χ2v) is 7.20. The highest BCUT2D eigenvalue weighted by Gasteiger charge is 2.33. The van der Waals surface area contributed by atoms with Crippen molar-refractivity contribution in [1.82, 2.24) is 9.71 Å². The molecule has 112 valence electrons. The molecule has 6 heteroatoms. The highest BCUT2D eigenvalue weighted by molar-refractivity contribution is 7.89. The Labute approximate surface area is 121 Å². The summed E-state index contributed by atoms with van der Waals surface area (Å²) in [5, 5.41) is 3.00. The van der Waals surface area contributed by atoms with E-state index in [0.29, 0.717) is 24.2 Å². The monoisotopic (exact) mass is 297 g/mol. The maximum atomic E-state index is 12.5. The first-order valence-electron chi connectivity index (χ1n) is 7.17. The molecule has 0 amide bonds. The molecule has 5 nitrogen and oxygen atoms in total. The van der Waals surface area contributed by atoms with Crippen molar-refractivity contribution in [2.75, 3.05) is 11.9 Å². The molecular formula is C14H23N3O2S. The van der Waals surface area contributed by atoms with Crippen LogP contribution in [0.25, 0.3) is 0 Å². The third kappa shape index (κ3) is 3.12. The first-order chi connectivity index (χ1) is 9.45. The molecule has 3 unspecified atom stereocenters. The second-order valence-electron chi connectivity index (χ2n) is 5.52. The standard InChI is InChI=1S/C14H23N3O2S/c1-4-15-14-13(6-5-9-16-14)20(18,19)17-12-8-7-10(2)11(12)3/h5-6,9-12,17H,4,7-8H2,1-3H3,(H,15,16). The van der Waals surface area contributed by atoms with E-state index in [0.717, 1.165) is 12.8 Å². The summed E-state index contributed by atoms with van der Waals surface area (Å²) in [6, 6.07) is 3.26. The van der Waals surface area contributed by atoms with E-state index < -0.39 is 10.0 Å². The summed E-state index contributed by atoms with van der Waals surface area (Å²) in [7, 11) is -3.53. The Hall–Kier alpha value is -1.14. The Morgan fingerprint density at radius 3 is 2.70 bits per heavy atom. The van der Waals surface area contributed by atoms with Gasteiger partial charge >= 0.3 is 0 Å². The third-order valence-corrected chi connectivity index (χ3v) is 5.70. The molecule has 1 aromatic rings. The summed E-state index contributed by atoms with van der Waals surface area (Å²) in [6.45, 7) is 6.84. The molecule has 0 radical (unpaired) electrons. The van der Waals surface area contributed by atoms with E-state index in [4.69, 9.17) is 0 Å². The number of hydrogen-bond acceptors (Lipinski definition) is 4. The van der Waals surface area contributed by atoms with Crippen LogP contribution in [-0.4, -0.2) is 26.0 Å². The lowest BCUT2D eigenvalue weighted by atomic mass is 9.98. The number of pyridine rings is 1. The number of hydrogen-bond donors (Lipinski definition) is 2. The molecule has 0 aromatic carbocycles. The molecule has 1 aromatic heterocycles. The van der Waals surface area contributed by atoms with Gasteiger partial charge in [0.15, 0.2) is 0 Å². The normalized spacial score (nSPS) is 26.6. The molecule has 3 atom stereocenters. The topological polar surface area (TPSA) is 71.1 Å². The van der Waals surface area contributed by atoms with Gasteiger partial charge in [-0.15, -0.1) is 0 Å². The van der Waals surface area contributed by atoms with Gasteiger partial charge in [0.25, 0.3) is 0 Å². The van der Waals surface area contributed by atoms with E-state index in [1.165, 1.54) is 0 Å². The summed E-state index contributed by atoms with van der Waals surface area (Å²) in [4.78, 5) is 4.34. The summed E-state index contributed by atoms with van der Waals surface area (Å²) in [6.07, 6.45) is 3.57. The molecule has 0 saturated heterocycles. The molecule has 0 aliphatic heterocycles. The quantitative estimate of drug-likeness (QED) is 0.874. The first-order valence-corrected chi connectivity index (χ1v) is 8.65. The smallest absolute Gasteiger partial charge is 0.244 e. The number of nitrogens with one attached hydrogen (secondary N) is 2. The van der Waals surface area contributed by atoms with Crippen molar-refractivity contribution >= 4 is 15.8 Å². The predicted molar refractivity (Wildman–Crippen MR) is 80.1 cm³/mol. The van der Waals surface area contributed by atoms with Gasteiger partial charge in [-0.1, -0.05) is 13.8 Å². The summed E-state index contributed by atoms with van der Waals surface area (Å²) < 4.78 is 27.9. The average molecular weight is 297 g/mol. The minimum atomic E-state index is -3.53. The summed E-state index contributed by atoms with van der Waals surface area (Å²) >= 11 is 0. The zero-order chi connectivity index (χ0) is 14.8. The van der Waals surface area contributed by atoms with Crippen LogP contribution in [0.3, 0.4) is 0 Å². The van der Waals surface area contributed by atoms with Gasteiger partial charge in [-0.2, -0.15) is 0 Å². The van der Waals surface area contributed by atoms with Crippen LogP contribution in [0.1, 0.15) is 33.6 Å². The van der Waals surface area contributed by atoms with Crippen LogP contribution in [0.15, 0.2) is 23.2 Å². The van der Waals surface area contributed by atoms with E-state index in [2.05, 4.69) is 28.9 Å². The minimum Gasteiger partial charge on any atom is -0.369 e. The lowest BCUT2D eigenvalue weighted by Crippen LogP contribution is -2.37. The largest absolute Gasteiger partial charge is 0.369 e. The van der Waals surface area contributed by atoms with Crippen molar-refractivity contribution in [2.24, 2.45) is 11.8 Å². The number of rotatable bonds is 5. The molecule has 20 heavy (non-hydrogen) atoms. The van der Waals surface area contributed by atoms with Gasteiger partial charge in [0.05, 0.1) is 0 Å². The van der Waals surface area contributed by atoms with E-state index in [-0.39, 0.29) is 10.9 Å². The molecule has 0 spiro atoms. The second kappa shape index (κ2) is 6.10. The predicted octanol–water partition coefficient (Wildman–Crippen LogP) is 2.23. The number of sulfonamides is 1. The van der Waals surface area contributed by atoms with Crippen molar-refractivity contribution in [2.45, 2.75) is 44.6 Å². The molecule has 1 saturated carbocycles. The van der Waals surface area contributed by atoms with Gasteiger partial charge in [0, 0.05) is 18.8 Å². The molecule has 1 aliphatic rings. The number of nitrogens with zero attached hydrogens (tertiary/aromatic N) is 1. The highest BCUT2D eigenvalue weighted by atomic mass is 32.2. The van der Waals surface area contributed by atoms with Gasteiger partial charge in [0.1, 0.15) is 10.7 Å². The van der Waals surface area contributed by atoms with Crippen LogP contribution < -0.4 is 10.0 Å². The lowest BCUT2D eigenvalue weighted by molar-refractivity contribution is 0.402. The van der Waals surface area contributed by atoms with E-state index in [9.17, 15) is 8.42 Å². The summed E-state index contributed by atoms with van der Waals surface area (Å²) in [5.74, 6) is 1.34. The SMILES string of the molecule is CCNc1ncccc1S(=O)(=O)NC1CCC(C)C1C. The van der Waals surface area contributed by atoms with Crippen LogP contribution in [0.5, 0.6) is 0 Å². The highest BCUT2D eigenvalue weighted by Crippen LogP contribution is 2.32. The molecule has 1 fully saturated rings. The van der Waals surface area contributed by atoms with Crippen LogP contribution >= 0.6 is 0 Å². The van der Waals surface area contributed by atoms with Crippen LogP contribution in [0.4, 0.5) is 5.82 Å². The number of anilines is 1. The summed E-state index contributed by atoms with van der Waals surface area (Å²) in [5.41, 5.74) is 0. The Kier molecular flexibility index (Phi) is 4.65. The molecular weight excluding hydrogens is 274 g/mol. The van der Waals surface area contributed by atoms with Gasteiger partial charge in [-0.3, -0.25) is 0 Å². The van der Waals surface area contributed by atoms with Crippen molar-refractivity contribution in [1.29, 1.82) is 0 Å². The van der Waals surface area contributed by atoms with Gasteiger partial charge in [0.2, 0.25) is 10.0 Å². The fourth-order valence-electron chi connectivity index (χ4n) is 2.70. The van der Waals surface area contributed by atoms with Crippen molar-refractivity contribution in [3.05, 3.63) is 18.3 Å². The minimum absolute atomic E-state index is 0.0182. The number of aromatic nitrogens is 1. The Balaban J connectivity index is 2.23. The molecule has 1 aliphatic carbocycles. The van der Waals surface area contributed by atoms with E-state index >= 15 is 0 Å². The van der Waals surface area contributed by atoms with Gasteiger partial charge in [-0.05, 0) is 43.7 Å². The molecule has 2 rings (SSSR count). The average Bonchev–Trinajstić information content (AvgIpc) is 2.71. The van der Waals surface area contributed by atoms with Crippen LogP contribution in [0, 0.1) is 11.8 Å². The van der Waals surface area contributed by atoms with Crippen molar-refractivity contribution < 1.29 is 8.42 Å². The van der Waals surface area contributed by atoms with Gasteiger partial charge < -0.3 is 5.32 Å². The Morgan fingerprint density at radius 1 is 1.35 bits per heavy atom. The molecule has 0 bridgehead atoms. The lowest BCUT2D eigenvalue weighted by Gasteiger charge is -2.20. The zero-order valence-corrected chi connectivity index (χ0v) is 13.1. The Bertz CT molecular complexity index is 559. The molecule has 2 N–H and O–H groups in total. The van der Waals surface area contributed by atoms with Crippen molar-refractivity contribution in [3.63, 3.8) is 0 Å².